The van der Waals surface area contributed by atoms with Gasteiger partial charge < -0.3 is 4.74 Å². The smallest absolute Gasteiger partial charge is 0.216 e. The Morgan fingerprint density at radius 1 is 1.75 bits per heavy atom. The Bertz CT molecular complexity index is 290. The van der Waals surface area contributed by atoms with E-state index in [0.717, 1.165) is 11.3 Å². The number of hydrogen-bond donors (Lipinski definition) is 1. The molecule has 0 saturated carbocycles. The van der Waals surface area contributed by atoms with E-state index in [4.69, 9.17) is 10.1 Å². The van der Waals surface area contributed by atoms with Gasteiger partial charge in [0.25, 0.3) is 0 Å². The monoisotopic (exact) mass is 167 g/mol. The third-order valence-electron chi connectivity index (χ3n) is 1.55. The van der Waals surface area contributed by atoms with Crippen molar-refractivity contribution in [3.05, 3.63) is 17.5 Å². The SMILES string of the molecule is CCOC(=N)c1cn(C)nc1C. The summed E-state index contributed by atoms with van der Waals surface area (Å²) < 4.78 is 6.73. The van der Waals surface area contributed by atoms with Crippen LogP contribution >= 0.6 is 0 Å². The lowest BCUT2D eigenvalue weighted by atomic mass is 10.3. The van der Waals surface area contributed by atoms with Crippen molar-refractivity contribution >= 4 is 5.90 Å². The number of rotatable bonds is 2. The summed E-state index contributed by atoms with van der Waals surface area (Å²) in [5.41, 5.74) is 1.59. The Morgan fingerprint density at radius 2 is 2.42 bits per heavy atom. The summed E-state index contributed by atoms with van der Waals surface area (Å²) >= 11 is 0. The van der Waals surface area contributed by atoms with E-state index < -0.39 is 0 Å². The van der Waals surface area contributed by atoms with Crippen molar-refractivity contribution in [2.45, 2.75) is 13.8 Å². The van der Waals surface area contributed by atoms with E-state index in [9.17, 15) is 0 Å². The Labute approximate surface area is 71.7 Å². The Balaban J connectivity index is 2.87. The van der Waals surface area contributed by atoms with Gasteiger partial charge in [-0.2, -0.15) is 5.10 Å². The molecule has 0 amide bonds. The zero-order chi connectivity index (χ0) is 9.14. The highest BCUT2D eigenvalue weighted by molar-refractivity contribution is 5.92. The average Bonchev–Trinajstić information content (AvgIpc) is 2.30. The van der Waals surface area contributed by atoms with Crippen LogP contribution in [0, 0.1) is 12.3 Å². The predicted molar refractivity (Wildman–Crippen MR) is 46.4 cm³/mol. The van der Waals surface area contributed by atoms with Crippen molar-refractivity contribution in [2.24, 2.45) is 7.05 Å². The van der Waals surface area contributed by atoms with E-state index >= 15 is 0 Å². The second-order valence-corrected chi connectivity index (χ2v) is 2.56. The van der Waals surface area contributed by atoms with Gasteiger partial charge in [-0.3, -0.25) is 10.1 Å². The van der Waals surface area contributed by atoms with Crippen LogP contribution in [0.1, 0.15) is 18.2 Å². The van der Waals surface area contributed by atoms with Crippen LogP contribution in [0.5, 0.6) is 0 Å². The zero-order valence-corrected chi connectivity index (χ0v) is 7.59. The lowest BCUT2D eigenvalue weighted by Gasteiger charge is -2.01. The molecule has 1 N–H and O–H groups in total. The van der Waals surface area contributed by atoms with Crippen molar-refractivity contribution < 1.29 is 4.74 Å². The lowest BCUT2D eigenvalue weighted by molar-refractivity contribution is 0.325. The van der Waals surface area contributed by atoms with Crippen LogP contribution in [-0.2, 0) is 11.8 Å². The first kappa shape index (κ1) is 8.77. The topological polar surface area (TPSA) is 50.9 Å². The highest BCUT2D eigenvalue weighted by Gasteiger charge is 2.08. The molecule has 0 atom stereocenters. The summed E-state index contributed by atoms with van der Waals surface area (Å²) in [4.78, 5) is 0. The van der Waals surface area contributed by atoms with Crippen LogP contribution in [0.2, 0.25) is 0 Å². The van der Waals surface area contributed by atoms with E-state index in [1.807, 2.05) is 20.9 Å². The number of aryl methyl sites for hydroxylation is 2. The van der Waals surface area contributed by atoms with Gasteiger partial charge in [0.15, 0.2) is 0 Å². The van der Waals surface area contributed by atoms with Crippen molar-refractivity contribution in [1.29, 1.82) is 5.41 Å². The normalized spacial score (nSPS) is 9.92. The fourth-order valence-corrected chi connectivity index (χ4v) is 1.04. The van der Waals surface area contributed by atoms with Crippen molar-refractivity contribution in [3.63, 3.8) is 0 Å². The van der Waals surface area contributed by atoms with Crippen LogP contribution in [0.4, 0.5) is 0 Å². The minimum Gasteiger partial charge on any atom is -0.478 e. The van der Waals surface area contributed by atoms with Crippen LogP contribution in [0.3, 0.4) is 0 Å². The first-order valence-corrected chi connectivity index (χ1v) is 3.87. The molecule has 0 bridgehead atoms. The van der Waals surface area contributed by atoms with E-state index in [1.54, 1.807) is 10.9 Å². The van der Waals surface area contributed by atoms with Crippen LogP contribution < -0.4 is 0 Å². The first-order valence-electron chi connectivity index (χ1n) is 3.87. The summed E-state index contributed by atoms with van der Waals surface area (Å²) in [5, 5.41) is 11.6. The molecule has 1 aromatic heterocycles. The molecule has 0 spiro atoms. The van der Waals surface area contributed by atoms with Gasteiger partial charge in [0.2, 0.25) is 5.90 Å². The van der Waals surface area contributed by atoms with E-state index in [0.29, 0.717) is 6.61 Å². The number of ether oxygens (including phenoxy) is 1. The van der Waals surface area contributed by atoms with Crippen LogP contribution in [-0.4, -0.2) is 22.3 Å². The second-order valence-electron chi connectivity index (χ2n) is 2.56. The fraction of sp³-hybridized carbons (Fsp3) is 0.500. The number of aromatic nitrogens is 2. The maximum Gasteiger partial charge on any atom is 0.216 e. The molecule has 0 aliphatic heterocycles. The number of nitrogens with one attached hydrogen (secondary N) is 1. The Hall–Kier alpha value is -1.32. The van der Waals surface area contributed by atoms with Gasteiger partial charge in [0, 0.05) is 13.2 Å². The third kappa shape index (κ3) is 1.64. The fourth-order valence-electron chi connectivity index (χ4n) is 1.04. The molecule has 4 nitrogen and oxygen atoms in total. The summed E-state index contributed by atoms with van der Waals surface area (Å²) in [6.07, 6.45) is 1.79. The van der Waals surface area contributed by atoms with Gasteiger partial charge in [0.1, 0.15) is 0 Å². The molecule has 0 unspecified atom stereocenters. The number of nitrogens with zero attached hydrogens (tertiary/aromatic N) is 2. The van der Waals surface area contributed by atoms with Crippen LogP contribution in [0.15, 0.2) is 6.20 Å². The minimum absolute atomic E-state index is 0.197. The predicted octanol–water partition coefficient (Wildman–Crippen LogP) is 1.09. The molecule has 1 rings (SSSR count). The van der Waals surface area contributed by atoms with Crippen molar-refractivity contribution in [2.75, 3.05) is 6.61 Å². The molecular weight excluding hydrogens is 154 g/mol. The Kier molecular flexibility index (Phi) is 2.47. The quantitative estimate of drug-likeness (QED) is 0.529. The highest BCUT2D eigenvalue weighted by Crippen LogP contribution is 2.05. The molecule has 0 aromatic carbocycles. The third-order valence-corrected chi connectivity index (χ3v) is 1.55. The van der Waals surface area contributed by atoms with Gasteiger partial charge in [-0.15, -0.1) is 0 Å². The molecule has 66 valence electrons. The molecule has 0 saturated heterocycles. The molecule has 0 aliphatic rings. The number of hydrogen-bond acceptors (Lipinski definition) is 3. The first-order chi connectivity index (χ1) is 5.65. The van der Waals surface area contributed by atoms with Gasteiger partial charge >= 0.3 is 0 Å². The molecule has 0 aliphatic carbocycles. The van der Waals surface area contributed by atoms with Gasteiger partial charge in [0.05, 0.1) is 17.9 Å². The Morgan fingerprint density at radius 3 is 2.83 bits per heavy atom. The molecule has 1 heterocycles. The molecule has 12 heavy (non-hydrogen) atoms. The summed E-state index contributed by atoms with van der Waals surface area (Å²) in [5.74, 6) is 0.197. The average molecular weight is 167 g/mol. The maximum absolute atomic E-state index is 7.51. The van der Waals surface area contributed by atoms with E-state index in [-0.39, 0.29) is 5.90 Å². The lowest BCUT2D eigenvalue weighted by Crippen LogP contribution is -2.04. The molecule has 1 aromatic rings. The van der Waals surface area contributed by atoms with Gasteiger partial charge in [-0.1, -0.05) is 0 Å². The second kappa shape index (κ2) is 3.38. The molecule has 0 fully saturated rings. The summed E-state index contributed by atoms with van der Waals surface area (Å²) in [7, 11) is 1.83. The van der Waals surface area contributed by atoms with Gasteiger partial charge in [-0.05, 0) is 13.8 Å². The maximum atomic E-state index is 7.51. The highest BCUT2D eigenvalue weighted by atomic mass is 16.5. The molecule has 0 radical (unpaired) electrons. The molecular formula is C8H13N3O. The summed E-state index contributed by atoms with van der Waals surface area (Å²) in [6, 6.07) is 0. The largest absolute Gasteiger partial charge is 0.478 e. The zero-order valence-electron chi connectivity index (χ0n) is 7.59. The van der Waals surface area contributed by atoms with Crippen LogP contribution in [0.25, 0.3) is 0 Å². The van der Waals surface area contributed by atoms with Gasteiger partial charge in [-0.25, -0.2) is 0 Å². The van der Waals surface area contributed by atoms with Crippen molar-refractivity contribution in [1.82, 2.24) is 9.78 Å². The van der Waals surface area contributed by atoms with E-state index in [2.05, 4.69) is 5.10 Å². The standard InChI is InChI=1S/C8H13N3O/c1-4-12-8(9)7-5-11(3)10-6(7)2/h5,9H,4H2,1-3H3. The summed E-state index contributed by atoms with van der Waals surface area (Å²) in [6.45, 7) is 4.25. The van der Waals surface area contributed by atoms with E-state index in [1.165, 1.54) is 0 Å². The molecule has 4 heteroatoms. The minimum atomic E-state index is 0.197. The van der Waals surface area contributed by atoms with Crippen molar-refractivity contribution in [3.8, 4) is 0 Å².